The van der Waals surface area contributed by atoms with Gasteiger partial charge in [-0.15, -0.1) is 0 Å². The third kappa shape index (κ3) is 6.54. The van der Waals surface area contributed by atoms with Crippen molar-refractivity contribution >= 4 is 59.2 Å². The molecule has 5 aliphatic rings. The first kappa shape index (κ1) is 36.7. The average Bonchev–Trinajstić information content (AvgIpc) is 3.46. The highest BCUT2D eigenvalue weighted by Gasteiger charge is 2.50. The van der Waals surface area contributed by atoms with Crippen LogP contribution < -0.4 is 20.3 Å². The summed E-state index contributed by atoms with van der Waals surface area (Å²) in [5.74, 6) is -0.0375. The number of imide groups is 1. The average molecular weight is 790 g/mol. The van der Waals surface area contributed by atoms with Crippen LogP contribution in [0.5, 0.6) is 6.01 Å². The van der Waals surface area contributed by atoms with E-state index < -0.39 is 25.5 Å². The summed E-state index contributed by atoms with van der Waals surface area (Å²) in [6.07, 6.45) is 9.68. The molecule has 3 atom stereocenters. The number of halogens is 2. The second-order valence-corrected chi connectivity index (χ2v) is 23.7. The van der Waals surface area contributed by atoms with E-state index in [0.717, 1.165) is 67.7 Å². The third-order valence-corrected chi connectivity index (χ3v) is 14.6. The molecule has 0 bridgehead atoms. The lowest BCUT2D eigenvalue weighted by molar-refractivity contribution is -0.124. The quantitative estimate of drug-likeness (QED) is 0.0990. The molecule has 3 aromatic heterocycles. The van der Waals surface area contributed by atoms with Crippen LogP contribution in [-0.4, -0.2) is 100 Å². The van der Waals surface area contributed by atoms with Crippen molar-refractivity contribution in [2.24, 2.45) is 5.92 Å². The Morgan fingerprint density at radius 1 is 1.05 bits per heavy atom. The maximum atomic E-state index is 17.6. The first-order valence-electron chi connectivity index (χ1n) is 19.7. The van der Waals surface area contributed by atoms with Gasteiger partial charge >= 0.3 is 12.0 Å². The van der Waals surface area contributed by atoms with Gasteiger partial charge in [0.15, 0.2) is 5.82 Å². The van der Waals surface area contributed by atoms with Gasteiger partial charge in [-0.25, -0.2) is 13.9 Å². The lowest BCUT2D eigenvalue weighted by Gasteiger charge is -2.39. The topological polar surface area (TPSA) is 140 Å². The van der Waals surface area contributed by atoms with Gasteiger partial charge in [0, 0.05) is 43.4 Å². The van der Waals surface area contributed by atoms with E-state index in [9.17, 15) is 9.59 Å². The van der Waals surface area contributed by atoms with Crippen LogP contribution in [0.4, 0.5) is 15.0 Å². The Hall–Kier alpha value is -3.92. The molecule has 5 fully saturated rings. The molecule has 292 valence electrons. The van der Waals surface area contributed by atoms with Crippen LogP contribution in [0.2, 0.25) is 30.7 Å². The van der Waals surface area contributed by atoms with Crippen LogP contribution in [0.1, 0.15) is 63.4 Å². The predicted octanol–water partition coefficient (Wildman–Crippen LogP) is 6.46. The molecule has 1 saturated carbocycles. The van der Waals surface area contributed by atoms with Crippen molar-refractivity contribution in [1.29, 1.82) is 0 Å². The van der Waals surface area contributed by atoms with Crippen LogP contribution in [-0.2, 0) is 16.3 Å². The van der Waals surface area contributed by atoms with Crippen molar-refractivity contribution in [3.05, 3.63) is 34.9 Å². The standard InChI is InChI=1S/C39H49ClFN9O4Si/c1-23-16-24(23)29-27(40)17-28-25(19-43-50(28)22-53-14-15-55(2,3)4)30(29)33-31(41)32-26(18-42-33)34(48-11-7-10-39(20-48)35(51)46-36(52)47-39)45-37(44-32)54-21-38-8-5-12-49(38)13-6-9-38/h17-19,23-24H,5-16,20-22H2,1-4H3,(H2,46,47,51,52)/t23-,24+,39-/m1/s1. The van der Waals surface area contributed by atoms with Gasteiger partial charge in [0.05, 0.1) is 29.2 Å². The van der Waals surface area contributed by atoms with Gasteiger partial charge < -0.3 is 19.7 Å². The number of rotatable bonds is 11. The number of nitrogens with one attached hydrogen (secondary N) is 2. The van der Waals surface area contributed by atoms with Crippen LogP contribution in [0.15, 0.2) is 18.5 Å². The number of hydrogen-bond donors (Lipinski definition) is 2. The highest BCUT2D eigenvalue weighted by Crippen LogP contribution is 2.54. The monoisotopic (exact) mass is 789 g/mol. The first-order chi connectivity index (χ1) is 26.3. The zero-order valence-corrected chi connectivity index (χ0v) is 33.8. The zero-order chi connectivity index (χ0) is 38.3. The van der Waals surface area contributed by atoms with Crippen molar-refractivity contribution in [3.8, 4) is 17.3 Å². The van der Waals surface area contributed by atoms with Crippen molar-refractivity contribution < 1.29 is 23.5 Å². The fourth-order valence-corrected chi connectivity index (χ4v) is 10.5. The number of urea groups is 1. The first-order valence-corrected chi connectivity index (χ1v) is 23.8. The van der Waals surface area contributed by atoms with Crippen molar-refractivity contribution in [2.75, 3.05) is 44.3 Å². The molecule has 55 heavy (non-hydrogen) atoms. The Labute approximate surface area is 325 Å². The number of hydrogen-bond acceptors (Lipinski definition) is 10. The molecule has 4 aromatic rings. The molecular weight excluding hydrogens is 741 g/mol. The molecule has 0 unspecified atom stereocenters. The Kier molecular flexibility index (Phi) is 9.09. The number of ether oxygens (including phenoxy) is 2. The smallest absolute Gasteiger partial charge is 0.322 e. The molecular formula is C39H49ClFN9O4Si. The number of carbonyl (C=O) groups is 2. The molecule has 7 heterocycles. The summed E-state index contributed by atoms with van der Waals surface area (Å²) >= 11 is 7.11. The summed E-state index contributed by atoms with van der Waals surface area (Å²) in [6, 6.07) is 2.50. The van der Waals surface area contributed by atoms with E-state index in [0.29, 0.717) is 60.3 Å². The minimum absolute atomic E-state index is 0.0710. The fraction of sp³-hybridized carbons (Fsp3) is 0.590. The minimum Gasteiger partial charge on any atom is -0.461 e. The van der Waals surface area contributed by atoms with Gasteiger partial charge in [0.25, 0.3) is 5.91 Å². The Morgan fingerprint density at radius 2 is 1.82 bits per heavy atom. The minimum atomic E-state index is -1.28. The molecule has 0 radical (unpaired) electrons. The van der Waals surface area contributed by atoms with E-state index in [2.05, 4.69) is 47.2 Å². The molecule has 13 nitrogen and oxygen atoms in total. The van der Waals surface area contributed by atoms with Crippen molar-refractivity contribution in [3.63, 3.8) is 0 Å². The summed E-state index contributed by atoms with van der Waals surface area (Å²) in [7, 11) is -1.28. The van der Waals surface area contributed by atoms with Gasteiger partial charge in [-0.1, -0.05) is 38.2 Å². The number of pyridine rings is 1. The van der Waals surface area contributed by atoms with Crippen molar-refractivity contribution in [1.82, 2.24) is 40.3 Å². The van der Waals surface area contributed by atoms with E-state index in [1.54, 1.807) is 17.1 Å². The largest absolute Gasteiger partial charge is 0.461 e. The fourth-order valence-electron chi connectivity index (χ4n) is 9.39. The number of amides is 3. The SMILES string of the molecule is C[C@@H]1C[C@@H]1c1c(Cl)cc2c(cnn2COCC[Si](C)(C)C)c1-c1ncc2c(N3CCC[C@]4(C3)NC(=O)NC4=O)nc(OCC34CCCN3CCC4)nc2c1F. The van der Waals surface area contributed by atoms with Crippen molar-refractivity contribution in [2.45, 2.75) is 101 Å². The summed E-state index contributed by atoms with van der Waals surface area (Å²) < 4.78 is 31.9. The number of nitrogens with zero attached hydrogens (tertiary/aromatic N) is 7. The summed E-state index contributed by atoms with van der Waals surface area (Å²) in [4.78, 5) is 44.3. The highest BCUT2D eigenvalue weighted by atomic mass is 35.5. The van der Waals surface area contributed by atoms with Gasteiger partial charge in [-0.2, -0.15) is 15.1 Å². The molecule has 4 saturated heterocycles. The Bertz CT molecular complexity index is 2200. The molecule has 3 amide bonds. The molecule has 1 aromatic carbocycles. The van der Waals surface area contributed by atoms with Gasteiger partial charge in [0.2, 0.25) is 0 Å². The number of fused-ring (bicyclic) bond motifs is 3. The maximum absolute atomic E-state index is 17.6. The number of anilines is 1. The number of benzene rings is 1. The van der Waals surface area contributed by atoms with E-state index in [4.69, 9.17) is 36.0 Å². The van der Waals surface area contributed by atoms with Crippen LogP contribution in [0.25, 0.3) is 33.1 Å². The molecule has 1 aliphatic carbocycles. The van der Waals surface area contributed by atoms with E-state index in [1.165, 1.54) is 0 Å². The predicted molar refractivity (Wildman–Crippen MR) is 211 cm³/mol. The molecule has 9 rings (SSSR count). The Morgan fingerprint density at radius 3 is 2.53 bits per heavy atom. The summed E-state index contributed by atoms with van der Waals surface area (Å²) in [5, 5.41) is 11.6. The summed E-state index contributed by atoms with van der Waals surface area (Å²) in [5.41, 5.74) is 1.22. The number of carbonyl (C=O) groups excluding carboxylic acids is 2. The van der Waals surface area contributed by atoms with Crippen LogP contribution in [0, 0.1) is 11.7 Å². The molecule has 4 aliphatic heterocycles. The summed E-state index contributed by atoms with van der Waals surface area (Å²) in [6.45, 7) is 13.2. The zero-order valence-electron chi connectivity index (χ0n) is 32.0. The highest BCUT2D eigenvalue weighted by molar-refractivity contribution is 6.76. The number of aromatic nitrogens is 5. The van der Waals surface area contributed by atoms with E-state index >= 15 is 4.39 Å². The lowest BCUT2D eigenvalue weighted by Crippen LogP contribution is -2.58. The van der Waals surface area contributed by atoms with Gasteiger partial charge in [-0.3, -0.25) is 20.0 Å². The molecule has 2 N–H and O–H groups in total. The lowest BCUT2D eigenvalue weighted by atomic mass is 9.89. The normalized spacial score (nSPS) is 24.9. The molecule has 1 spiro atoms. The van der Waals surface area contributed by atoms with Crippen LogP contribution in [0.3, 0.4) is 0 Å². The van der Waals surface area contributed by atoms with E-state index in [1.807, 2.05) is 11.0 Å². The van der Waals surface area contributed by atoms with E-state index in [-0.39, 0.29) is 47.9 Å². The van der Waals surface area contributed by atoms with Crippen LogP contribution >= 0.6 is 11.6 Å². The maximum Gasteiger partial charge on any atom is 0.322 e. The molecule has 16 heteroatoms. The third-order valence-electron chi connectivity index (χ3n) is 12.6. The Balaban J connectivity index is 1.15. The van der Waals surface area contributed by atoms with Gasteiger partial charge in [-0.05, 0) is 87.5 Å². The second kappa shape index (κ2) is 13.6. The number of piperidine rings is 1. The second-order valence-electron chi connectivity index (χ2n) is 17.6. The van der Waals surface area contributed by atoms with Gasteiger partial charge in [0.1, 0.15) is 35.9 Å².